The van der Waals surface area contributed by atoms with E-state index in [1.807, 2.05) is 0 Å². The zero-order valence-electron chi connectivity index (χ0n) is 11.0. The van der Waals surface area contributed by atoms with Gasteiger partial charge in [-0.1, -0.05) is 13.2 Å². The molecule has 6 nitrogen and oxygen atoms in total. The lowest BCUT2D eigenvalue weighted by atomic mass is 10.6. The molecule has 0 unspecified atom stereocenters. The third-order valence-corrected chi connectivity index (χ3v) is 2.27. The molecule has 0 aromatic carbocycles. The molecule has 0 heterocycles. The lowest BCUT2D eigenvalue weighted by molar-refractivity contribution is -0.139. The highest BCUT2D eigenvalue weighted by Crippen LogP contribution is 2.13. The summed E-state index contributed by atoms with van der Waals surface area (Å²) in [5.74, 6) is -0.474. The van der Waals surface area contributed by atoms with Crippen LogP contribution >= 0.6 is 11.8 Å². The van der Waals surface area contributed by atoms with Crippen LogP contribution in [-0.2, 0) is 19.1 Å². The fraction of sp³-hybridized carbons (Fsp3) is 0.500. The van der Waals surface area contributed by atoms with Gasteiger partial charge in [0.2, 0.25) is 0 Å². The second-order valence-electron chi connectivity index (χ2n) is 2.81. The molecule has 110 valence electrons. The molecule has 2 N–H and O–H groups in total. The van der Waals surface area contributed by atoms with Gasteiger partial charge in [0.15, 0.2) is 0 Å². The van der Waals surface area contributed by atoms with Crippen molar-refractivity contribution in [2.75, 3.05) is 32.2 Å². The van der Waals surface area contributed by atoms with Crippen molar-refractivity contribution in [3.63, 3.8) is 0 Å². The average Bonchev–Trinajstić information content (AvgIpc) is 2.42. The number of thioether (sulfide) groups is 1. The van der Waals surface area contributed by atoms with Crippen LogP contribution < -0.4 is 0 Å². The van der Waals surface area contributed by atoms with Gasteiger partial charge in [-0.15, -0.1) is 11.8 Å². The molecule has 19 heavy (non-hydrogen) atoms. The van der Waals surface area contributed by atoms with E-state index in [2.05, 4.69) is 22.6 Å². The van der Waals surface area contributed by atoms with E-state index in [9.17, 15) is 9.59 Å². The minimum atomic E-state index is -0.539. The molecule has 0 aliphatic carbocycles. The monoisotopic (exact) mass is 292 g/mol. The zero-order chi connectivity index (χ0) is 15.1. The molecule has 7 heteroatoms. The molecule has 0 rings (SSSR count). The quantitative estimate of drug-likeness (QED) is 0.497. The van der Waals surface area contributed by atoms with E-state index in [0.717, 1.165) is 17.8 Å². The highest BCUT2D eigenvalue weighted by atomic mass is 32.2. The molecule has 0 aromatic rings. The number of carbonyl (C=O) groups excluding carboxylic acids is 2. The van der Waals surface area contributed by atoms with Crippen molar-refractivity contribution in [3.8, 4) is 0 Å². The van der Waals surface area contributed by atoms with Crippen molar-refractivity contribution in [1.82, 2.24) is 0 Å². The van der Waals surface area contributed by atoms with E-state index in [4.69, 9.17) is 10.2 Å². The Morgan fingerprint density at radius 3 is 2.26 bits per heavy atom. The lowest BCUT2D eigenvalue weighted by Gasteiger charge is -2.03. The number of aliphatic hydroxyl groups excluding tert-OH is 2. The normalized spacial score (nSPS) is 8.79. The predicted molar refractivity (Wildman–Crippen MR) is 73.6 cm³/mol. The Kier molecular flexibility index (Phi) is 15.5. The SMILES string of the molecule is C=C(SCCO)C(=O)OCCO.C=CC(=O)OCC. The summed E-state index contributed by atoms with van der Waals surface area (Å²) in [6, 6.07) is 0. The highest BCUT2D eigenvalue weighted by molar-refractivity contribution is 8.03. The first-order valence-corrected chi connectivity index (χ1v) is 6.51. The summed E-state index contributed by atoms with van der Waals surface area (Å²) in [6.07, 6.45) is 1.14. The van der Waals surface area contributed by atoms with Crippen LogP contribution in [-0.4, -0.2) is 54.3 Å². The molecule has 0 aliphatic rings. The van der Waals surface area contributed by atoms with Crippen molar-refractivity contribution in [2.45, 2.75) is 6.92 Å². The lowest BCUT2D eigenvalue weighted by Crippen LogP contribution is -2.09. The van der Waals surface area contributed by atoms with Crippen LogP contribution in [0.25, 0.3) is 0 Å². The number of hydrogen-bond acceptors (Lipinski definition) is 7. The number of ether oxygens (including phenoxy) is 2. The van der Waals surface area contributed by atoms with E-state index < -0.39 is 5.97 Å². The first-order chi connectivity index (χ1) is 9.03. The van der Waals surface area contributed by atoms with Gasteiger partial charge in [0.1, 0.15) is 6.61 Å². The van der Waals surface area contributed by atoms with Gasteiger partial charge in [-0.25, -0.2) is 9.59 Å². The zero-order valence-corrected chi connectivity index (χ0v) is 11.8. The number of carbonyl (C=O) groups is 2. The van der Waals surface area contributed by atoms with Crippen molar-refractivity contribution < 1.29 is 29.3 Å². The van der Waals surface area contributed by atoms with Crippen molar-refractivity contribution in [1.29, 1.82) is 0 Å². The van der Waals surface area contributed by atoms with Crippen LogP contribution in [0.15, 0.2) is 24.1 Å². The molecular weight excluding hydrogens is 272 g/mol. The first-order valence-electron chi connectivity index (χ1n) is 5.53. The number of esters is 2. The van der Waals surface area contributed by atoms with Crippen LogP contribution in [0.5, 0.6) is 0 Å². The van der Waals surface area contributed by atoms with Gasteiger partial charge in [-0.2, -0.15) is 0 Å². The van der Waals surface area contributed by atoms with Gasteiger partial charge < -0.3 is 19.7 Å². The Hall–Kier alpha value is -1.31. The molecule has 0 aromatic heterocycles. The molecule has 0 radical (unpaired) electrons. The summed E-state index contributed by atoms with van der Waals surface area (Å²) < 4.78 is 8.99. The van der Waals surface area contributed by atoms with E-state index in [1.165, 1.54) is 0 Å². The highest BCUT2D eigenvalue weighted by Gasteiger charge is 2.07. The summed E-state index contributed by atoms with van der Waals surface area (Å²) in [5, 5.41) is 16.7. The van der Waals surface area contributed by atoms with Crippen LogP contribution in [0, 0.1) is 0 Å². The Morgan fingerprint density at radius 1 is 1.26 bits per heavy atom. The van der Waals surface area contributed by atoms with Crippen LogP contribution in [0.1, 0.15) is 6.92 Å². The maximum absolute atomic E-state index is 10.9. The molecule has 0 saturated heterocycles. The Balaban J connectivity index is 0. The molecule has 0 aliphatic heterocycles. The minimum Gasteiger partial charge on any atom is -0.463 e. The van der Waals surface area contributed by atoms with Crippen molar-refractivity contribution in [2.24, 2.45) is 0 Å². The van der Waals surface area contributed by atoms with Crippen LogP contribution in [0.2, 0.25) is 0 Å². The van der Waals surface area contributed by atoms with Crippen molar-refractivity contribution >= 4 is 23.7 Å². The van der Waals surface area contributed by atoms with Gasteiger partial charge >= 0.3 is 11.9 Å². The Labute approximate surface area is 117 Å². The van der Waals surface area contributed by atoms with Gasteiger partial charge in [0.25, 0.3) is 0 Å². The molecular formula is C12H20O6S. The summed E-state index contributed by atoms with van der Waals surface area (Å²) in [6.45, 7) is 8.61. The third-order valence-electron chi connectivity index (χ3n) is 1.37. The molecule has 0 spiro atoms. The van der Waals surface area contributed by atoms with Gasteiger partial charge in [-0.3, -0.25) is 0 Å². The predicted octanol–water partition coefficient (Wildman–Crippen LogP) is 0.497. The molecule has 0 fully saturated rings. The van der Waals surface area contributed by atoms with E-state index in [1.54, 1.807) is 6.92 Å². The molecule has 0 saturated carbocycles. The largest absolute Gasteiger partial charge is 0.463 e. The summed E-state index contributed by atoms with van der Waals surface area (Å²) in [7, 11) is 0. The maximum Gasteiger partial charge on any atom is 0.344 e. The summed E-state index contributed by atoms with van der Waals surface area (Å²) >= 11 is 1.13. The van der Waals surface area contributed by atoms with Crippen LogP contribution in [0.4, 0.5) is 0 Å². The summed E-state index contributed by atoms with van der Waals surface area (Å²) in [4.78, 5) is 21.2. The fourth-order valence-corrected chi connectivity index (χ4v) is 1.16. The van der Waals surface area contributed by atoms with Crippen molar-refractivity contribution in [3.05, 3.63) is 24.1 Å². The van der Waals surface area contributed by atoms with Gasteiger partial charge in [0.05, 0.1) is 24.7 Å². The smallest absolute Gasteiger partial charge is 0.344 e. The second kappa shape index (κ2) is 14.7. The topological polar surface area (TPSA) is 93.1 Å². The number of hydrogen-bond donors (Lipinski definition) is 2. The number of aliphatic hydroxyl groups is 2. The van der Waals surface area contributed by atoms with E-state index in [-0.39, 0.29) is 30.7 Å². The van der Waals surface area contributed by atoms with Gasteiger partial charge in [-0.05, 0) is 6.92 Å². The second-order valence-corrected chi connectivity index (χ2v) is 4.00. The van der Waals surface area contributed by atoms with E-state index >= 15 is 0 Å². The Bertz CT molecular complexity index is 272. The third kappa shape index (κ3) is 14.6. The molecule has 0 bridgehead atoms. The summed E-state index contributed by atoms with van der Waals surface area (Å²) in [5.41, 5.74) is 0. The minimum absolute atomic E-state index is 0.00301. The van der Waals surface area contributed by atoms with Crippen LogP contribution in [0.3, 0.4) is 0 Å². The molecule has 0 amide bonds. The van der Waals surface area contributed by atoms with E-state index in [0.29, 0.717) is 12.4 Å². The first kappa shape index (κ1) is 20.0. The Morgan fingerprint density at radius 2 is 1.89 bits per heavy atom. The standard InChI is InChI=1S/C7H12O4S.C5H8O2/c1-6(12-5-3-9)7(10)11-4-2-8;1-3-5(6)7-4-2/h8-9H,1-5H2;3H,1,4H2,2H3. The average molecular weight is 292 g/mol. The maximum atomic E-state index is 10.9. The number of rotatable bonds is 8. The fourth-order valence-electron chi connectivity index (χ4n) is 0.648. The van der Waals surface area contributed by atoms with Gasteiger partial charge in [0, 0.05) is 11.8 Å². The molecule has 0 atom stereocenters.